The zero-order valence-corrected chi connectivity index (χ0v) is 14.0. The quantitative estimate of drug-likeness (QED) is 0.607. The first-order valence-electron chi connectivity index (χ1n) is 7.89. The summed E-state index contributed by atoms with van der Waals surface area (Å²) >= 11 is 0. The van der Waals surface area contributed by atoms with E-state index in [4.69, 9.17) is 0 Å². The Labute approximate surface area is 128 Å². The number of amides is 2. The van der Waals surface area contributed by atoms with Crippen molar-refractivity contribution in [3.63, 3.8) is 0 Å². The summed E-state index contributed by atoms with van der Waals surface area (Å²) in [6, 6.07) is -1.12. The lowest BCUT2D eigenvalue weighted by atomic mass is 10.0. The lowest BCUT2D eigenvalue weighted by Crippen LogP contribution is -2.52. The molecule has 0 fully saturated rings. The minimum Gasteiger partial charge on any atom is -0.345 e. The minimum absolute atomic E-state index is 0.0243. The zero-order valence-electron chi connectivity index (χ0n) is 14.0. The molecule has 0 aromatic carbocycles. The second-order valence-electron chi connectivity index (χ2n) is 5.94. The molecule has 5 heteroatoms. The summed E-state index contributed by atoms with van der Waals surface area (Å²) in [5.74, 6) is -0.523. The van der Waals surface area contributed by atoms with E-state index in [0.29, 0.717) is 6.42 Å². The Kier molecular flexibility index (Phi) is 9.67. The van der Waals surface area contributed by atoms with E-state index in [0.717, 1.165) is 25.7 Å². The molecule has 21 heavy (non-hydrogen) atoms. The molecule has 0 aliphatic carbocycles. The van der Waals surface area contributed by atoms with Gasteiger partial charge in [-0.15, -0.1) is 0 Å². The van der Waals surface area contributed by atoms with Crippen molar-refractivity contribution in [1.29, 1.82) is 0 Å². The summed E-state index contributed by atoms with van der Waals surface area (Å²) in [5.41, 5.74) is 0. The number of Topliss-reactive ketones (excluding diaryl/α,β-unsaturated/α-hetero) is 1. The van der Waals surface area contributed by atoms with Crippen LogP contribution in [-0.2, 0) is 14.4 Å². The standard InChI is InChI=1S/C16H30N2O3/c1-6-7-8-9-10-14(20)18-15(11(2)3)16(21)17-12(4)13(5)19/h11-12,15H,6-10H2,1-5H3,(H,17,21)(H,18,20)/t12-,15-/m0/s1. The van der Waals surface area contributed by atoms with Crippen LogP contribution in [0.25, 0.3) is 0 Å². The van der Waals surface area contributed by atoms with Gasteiger partial charge in [0.1, 0.15) is 6.04 Å². The Morgan fingerprint density at radius 2 is 1.57 bits per heavy atom. The molecule has 0 rings (SSSR count). The summed E-state index contributed by atoms with van der Waals surface area (Å²) in [5, 5.41) is 5.41. The topological polar surface area (TPSA) is 75.3 Å². The SMILES string of the molecule is CCCCCCC(=O)N[C@H](C(=O)N[C@@H](C)C(C)=O)C(C)C. The number of hydrogen-bond donors (Lipinski definition) is 2. The smallest absolute Gasteiger partial charge is 0.243 e. The molecule has 0 aromatic heterocycles. The highest BCUT2D eigenvalue weighted by atomic mass is 16.2. The molecule has 0 saturated carbocycles. The second kappa shape index (κ2) is 10.4. The molecule has 0 radical (unpaired) electrons. The number of carbonyl (C=O) groups excluding carboxylic acids is 3. The summed E-state index contributed by atoms with van der Waals surface area (Å²) < 4.78 is 0. The third kappa shape index (κ3) is 8.48. The van der Waals surface area contributed by atoms with Gasteiger partial charge >= 0.3 is 0 Å². The molecule has 2 N–H and O–H groups in total. The van der Waals surface area contributed by atoms with Crippen LogP contribution in [0, 0.1) is 5.92 Å². The number of unbranched alkanes of at least 4 members (excludes halogenated alkanes) is 3. The van der Waals surface area contributed by atoms with Crippen molar-refractivity contribution in [1.82, 2.24) is 10.6 Å². The van der Waals surface area contributed by atoms with E-state index in [1.807, 2.05) is 13.8 Å². The van der Waals surface area contributed by atoms with Crippen LogP contribution in [0.5, 0.6) is 0 Å². The molecule has 0 saturated heterocycles. The van der Waals surface area contributed by atoms with Gasteiger partial charge in [0.25, 0.3) is 0 Å². The zero-order chi connectivity index (χ0) is 16.4. The van der Waals surface area contributed by atoms with Crippen molar-refractivity contribution in [3.8, 4) is 0 Å². The summed E-state index contributed by atoms with van der Waals surface area (Å²) in [6.07, 6.45) is 4.57. The number of rotatable bonds is 10. The molecule has 2 amide bonds. The molecule has 0 aliphatic rings. The van der Waals surface area contributed by atoms with Crippen molar-refractivity contribution in [3.05, 3.63) is 0 Å². The molecule has 0 aromatic rings. The summed E-state index contributed by atoms with van der Waals surface area (Å²) in [6.45, 7) is 8.95. The van der Waals surface area contributed by atoms with Crippen molar-refractivity contribution in [2.75, 3.05) is 0 Å². The minimum atomic E-state index is -0.592. The van der Waals surface area contributed by atoms with Gasteiger partial charge in [-0.2, -0.15) is 0 Å². The molecule has 0 unspecified atom stereocenters. The highest BCUT2D eigenvalue weighted by Crippen LogP contribution is 2.06. The van der Waals surface area contributed by atoms with Crippen LogP contribution >= 0.6 is 0 Å². The number of carbonyl (C=O) groups is 3. The normalized spacial score (nSPS) is 13.6. The molecule has 0 spiro atoms. The first-order valence-corrected chi connectivity index (χ1v) is 7.89. The van der Waals surface area contributed by atoms with Gasteiger partial charge in [0.05, 0.1) is 6.04 Å². The highest BCUT2D eigenvalue weighted by Gasteiger charge is 2.25. The average Bonchev–Trinajstić information content (AvgIpc) is 2.40. The van der Waals surface area contributed by atoms with E-state index in [2.05, 4.69) is 17.6 Å². The van der Waals surface area contributed by atoms with Gasteiger partial charge in [0, 0.05) is 6.42 Å². The van der Waals surface area contributed by atoms with E-state index < -0.39 is 12.1 Å². The average molecular weight is 298 g/mol. The lowest BCUT2D eigenvalue weighted by molar-refractivity contribution is -0.132. The predicted octanol–water partition coefficient (Wildman–Crippen LogP) is 2.19. The van der Waals surface area contributed by atoms with Crippen LogP contribution < -0.4 is 10.6 Å². The van der Waals surface area contributed by atoms with Gasteiger partial charge in [-0.1, -0.05) is 40.0 Å². The number of hydrogen-bond acceptors (Lipinski definition) is 3. The summed E-state index contributed by atoms with van der Waals surface area (Å²) in [4.78, 5) is 35.2. The van der Waals surface area contributed by atoms with Crippen LogP contribution in [0.2, 0.25) is 0 Å². The van der Waals surface area contributed by atoms with Crippen LogP contribution in [0.4, 0.5) is 0 Å². The van der Waals surface area contributed by atoms with Gasteiger partial charge in [-0.05, 0) is 26.2 Å². The molecule has 0 aliphatic heterocycles. The lowest BCUT2D eigenvalue weighted by Gasteiger charge is -2.23. The fourth-order valence-corrected chi connectivity index (χ4v) is 1.90. The van der Waals surface area contributed by atoms with Crippen LogP contribution in [0.1, 0.15) is 66.7 Å². The van der Waals surface area contributed by atoms with Crippen molar-refractivity contribution >= 4 is 17.6 Å². The number of ketones is 1. The first-order chi connectivity index (χ1) is 9.79. The monoisotopic (exact) mass is 298 g/mol. The molecular weight excluding hydrogens is 268 g/mol. The predicted molar refractivity (Wildman–Crippen MR) is 83.8 cm³/mol. The maximum atomic E-state index is 12.1. The Hall–Kier alpha value is -1.39. The van der Waals surface area contributed by atoms with Crippen LogP contribution in [-0.4, -0.2) is 29.7 Å². The fraction of sp³-hybridized carbons (Fsp3) is 0.812. The van der Waals surface area contributed by atoms with Crippen molar-refractivity contribution < 1.29 is 14.4 Å². The fourth-order valence-electron chi connectivity index (χ4n) is 1.90. The molecule has 0 heterocycles. The van der Waals surface area contributed by atoms with E-state index in [1.165, 1.54) is 6.92 Å². The molecule has 122 valence electrons. The molecule has 0 bridgehead atoms. The van der Waals surface area contributed by atoms with Gasteiger partial charge < -0.3 is 10.6 Å². The Morgan fingerprint density at radius 3 is 2.05 bits per heavy atom. The van der Waals surface area contributed by atoms with Gasteiger partial charge in [-0.3, -0.25) is 14.4 Å². The Balaban J connectivity index is 4.38. The second-order valence-corrected chi connectivity index (χ2v) is 5.94. The van der Waals surface area contributed by atoms with E-state index in [9.17, 15) is 14.4 Å². The molecular formula is C16H30N2O3. The van der Waals surface area contributed by atoms with Crippen LogP contribution in [0.15, 0.2) is 0 Å². The van der Waals surface area contributed by atoms with E-state index >= 15 is 0 Å². The Morgan fingerprint density at radius 1 is 0.952 bits per heavy atom. The maximum absolute atomic E-state index is 12.1. The Bertz CT molecular complexity index is 353. The van der Waals surface area contributed by atoms with Crippen LogP contribution in [0.3, 0.4) is 0 Å². The number of nitrogens with one attached hydrogen (secondary N) is 2. The third-order valence-electron chi connectivity index (χ3n) is 3.49. The highest BCUT2D eigenvalue weighted by molar-refractivity contribution is 5.91. The van der Waals surface area contributed by atoms with Crippen molar-refractivity contribution in [2.45, 2.75) is 78.8 Å². The van der Waals surface area contributed by atoms with Gasteiger partial charge in [-0.25, -0.2) is 0 Å². The van der Waals surface area contributed by atoms with Gasteiger partial charge in [0.15, 0.2) is 5.78 Å². The molecule has 5 nitrogen and oxygen atoms in total. The summed E-state index contributed by atoms with van der Waals surface area (Å²) in [7, 11) is 0. The van der Waals surface area contributed by atoms with E-state index in [-0.39, 0.29) is 23.5 Å². The van der Waals surface area contributed by atoms with Gasteiger partial charge in [0.2, 0.25) is 11.8 Å². The van der Waals surface area contributed by atoms with E-state index in [1.54, 1.807) is 6.92 Å². The molecule has 2 atom stereocenters. The first kappa shape index (κ1) is 19.6. The maximum Gasteiger partial charge on any atom is 0.243 e. The largest absolute Gasteiger partial charge is 0.345 e. The third-order valence-corrected chi connectivity index (χ3v) is 3.49. The van der Waals surface area contributed by atoms with Crippen molar-refractivity contribution in [2.24, 2.45) is 5.92 Å².